The number of nitrogens with zero attached hydrogens (tertiary/aromatic N) is 4. The third kappa shape index (κ3) is 6.39. The Morgan fingerprint density at radius 1 is 1.03 bits per heavy atom. The number of nitrogens with one attached hydrogen (secondary N) is 1. The fourth-order valence-electron chi connectivity index (χ4n) is 3.21. The Hall–Kier alpha value is -3.04. The Labute approximate surface area is 227 Å². The van der Waals surface area contributed by atoms with Crippen LogP contribution in [0.1, 0.15) is 12.5 Å². The van der Waals surface area contributed by atoms with E-state index in [1.165, 1.54) is 18.0 Å². The second kappa shape index (κ2) is 12.3. The van der Waals surface area contributed by atoms with Crippen LogP contribution in [0, 0.1) is 0 Å². The van der Waals surface area contributed by atoms with Gasteiger partial charge in [0.15, 0.2) is 11.0 Å². The summed E-state index contributed by atoms with van der Waals surface area (Å²) in [6.45, 7) is 2.50. The van der Waals surface area contributed by atoms with Crippen molar-refractivity contribution in [2.24, 2.45) is 5.10 Å². The summed E-state index contributed by atoms with van der Waals surface area (Å²) in [7, 11) is 0. The van der Waals surface area contributed by atoms with Crippen molar-refractivity contribution in [3.8, 4) is 22.8 Å². The predicted molar refractivity (Wildman–Crippen MR) is 146 cm³/mol. The van der Waals surface area contributed by atoms with Crippen LogP contribution < -0.4 is 10.2 Å². The van der Waals surface area contributed by atoms with Crippen LogP contribution in [0.2, 0.25) is 15.1 Å². The summed E-state index contributed by atoms with van der Waals surface area (Å²) in [5.74, 6) is 1.11. The quantitative estimate of drug-likeness (QED) is 0.143. The summed E-state index contributed by atoms with van der Waals surface area (Å²) in [4.78, 5) is 12.5. The summed E-state index contributed by atoms with van der Waals surface area (Å²) >= 11 is 19.5. The number of hydrogen-bond acceptors (Lipinski definition) is 6. The van der Waals surface area contributed by atoms with Crippen LogP contribution >= 0.6 is 46.6 Å². The molecule has 0 saturated carbocycles. The monoisotopic (exact) mass is 559 g/mol. The molecule has 0 aliphatic carbocycles. The molecule has 0 bridgehead atoms. The maximum atomic E-state index is 12.5. The van der Waals surface area contributed by atoms with Crippen LogP contribution in [0.4, 0.5) is 0 Å². The van der Waals surface area contributed by atoms with Gasteiger partial charge in [-0.05, 0) is 67.6 Å². The molecular formula is C25H20Cl3N5O2S. The molecule has 1 heterocycles. The SMILES string of the molecule is CCOc1ccc(-n2c(SCC(=O)N/N=C/c3c(Cl)cccc3Cl)nnc2-c2ccc(Cl)cc2)cc1. The number of benzene rings is 3. The number of rotatable bonds is 9. The molecule has 1 aromatic heterocycles. The van der Waals surface area contributed by atoms with Gasteiger partial charge in [0.25, 0.3) is 5.91 Å². The molecule has 4 aromatic rings. The van der Waals surface area contributed by atoms with Gasteiger partial charge >= 0.3 is 0 Å². The standard InChI is InChI=1S/C25H20Cl3N5O2S/c1-2-35-19-12-10-18(11-13-19)33-24(16-6-8-17(26)9-7-16)31-32-25(33)36-15-23(34)30-29-14-20-21(27)4-3-5-22(20)28/h3-14H,2,15H2,1H3,(H,30,34)/b29-14+. The van der Waals surface area contributed by atoms with E-state index in [1.54, 1.807) is 30.3 Å². The van der Waals surface area contributed by atoms with E-state index in [-0.39, 0.29) is 11.7 Å². The van der Waals surface area contributed by atoms with Gasteiger partial charge in [-0.1, -0.05) is 52.6 Å². The number of amides is 1. The van der Waals surface area contributed by atoms with Crippen LogP contribution in [0.3, 0.4) is 0 Å². The van der Waals surface area contributed by atoms with E-state index in [1.807, 2.05) is 47.9 Å². The molecule has 4 rings (SSSR count). The van der Waals surface area contributed by atoms with Gasteiger partial charge in [-0.15, -0.1) is 10.2 Å². The molecule has 0 unspecified atom stereocenters. The molecule has 3 aromatic carbocycles. The molecule has 11 heteroatoms. The Morgan fingerprint density at radius 2 is 1.72 bits per heavy atom. The number of thioether (sulfide) groups is 1. The molecule has 36 heavy (non-hydrogen) atoms. The van der Waals surface area contributed by atoms with Crippen molar-refractivity contribution in [1.82, 2.24) is 20.2 Å². The van der Waals surface area contributed by atoms with Crippen molar-refractivity contribution in [1.29, 1.82) is 0 Å². The largest absolute Gasteiger partial charge is 0.494 e. The molecule has 0 atom stereocenters. The van der Waals surface area contributed by atoms with E-state index in [0.717, 1.165) is 17.0 Å². The van der Waals surface area contributed by atoms with Gasteiger partial charge in [-0.25, -0.2) is 5.43 Å². The first-order valence-electron chi connectivity index (χ1n) is 10.8. The minimum atomic E-state index is -0.325. The summed E-state index contributed by atoms with van der Waals surface area (Å²) in [6, 6.07) is 20.0. The van der Waals surface area contributed by atoms with Crippen LogP contribution in [-0.4, -0.2) is 39.2 Å². The van der Waals surface area contributed by atoms with Gasteiger partial charge in [-0.2, -0.15) is 5.10 Å². The zero-order valence-corrected chi connectivity index (χ0v) is 22.1. The van der Waals surface area contributed by atoms with Crippen LogP contribution in [0.5, 0.6) is 5.75 Å². The van der Waals surface area contributed by atoms with Crippen molar-refractivity contribution in [3.63, 3.8) is 0 Å². The maximum Gasteiger partial charge on any atom is 0.250 e. The molecule has 0 aliphatic heterocycles. The van der Waals surface area contributed by atoms with Crippen LogP contribution in [-0.2, 0) is 4.79 Å². The molecule has 0 fully saturated rings. The van der Waals surface area contributed by atoms with E-state index in [2.05, 4.69) is 20.7 Å². The van der Waals surface area contributed by atoms with Gasteiger partial charge in [0, 0.05) is 21.8 Å². The first kappa shape index (κ1) is 26.0. The summed E-state index contributed by atoms with van der Waals surface area (Å²) in [5, 5.41) is 14.7. The Kier molecular flexibility index (Phi) is 8.88. The van der Waals surface area contributed by atoms with Crippen molar-refractivity contribution in [3.05, 3.63) is 87.4 Å². The molecule has 0 aliphatic rings. The van der Waals surface area contributed by atoms with Crippen LogP contribution in [0.15, 0.2) is 77.0 Å². The summed E-state index contributed by atoms with van der Waals surface area (Å²) in [6.07, 6.45) is 1.41. The number of halogens is 3. The maximum absolute atomic E-state index is 12.5. The lowest BCUT2D eigenvalue weighted by Crippen LogP contribution is -2.20. The average molecular weight is 561 g/mol. The highest BCUT2D eigenvalue weighted by Crippen LogP contribution is 2.29. The molecule has 184 valence electrons. The van der Waals surface area contributed by atoms with E-state index in [9.17, 15) is 4.79 Å². The lowest BCUT2D eigenvalue weighted by Gasteiger charge is -2.11. The molecule has 0 spiro atoms. The normalized spacial score (nSPS) is 11.1. The fraction of sp³-hybridized carbons (Fsp3) is 0.120. The number of aromatic nitrogens is 3. The Balaban J connectivity index is 1.53. The first-order chi connectivity index (χ1) is 17.5. The third-order valence-corrected chi connectivity index (χ3v) is 6.70. The highest BCUT2D eigenvalue weighted by Gasteiger charge is 2.17. The van der Waals surface area contributed by atoms with Crippen molar-refractivity contribution in [2.45, 2.75) is 12.1 Å². The minimum absolute atomic E-state index is 0.0589. The molecule has 1 amide bonds. The van der Waals surface area contributed by atoms with Gasteiger partial charge in [0.2, 0.25) is 0 Å². The lowest BCUT2D eigenvalue weighted by molar-refractivity contribution is -0.118. The van der Waals surface area contributed by atoms with E-state index < -0.39 is 0 Å². The van der Waals surface area contributed by atoms with Crippen LogP contribution in [0.25, 0.3) is 17.1 Å². The number of carbonyl (C=O) groups is 1. The average Bonchev–Trinajstić information content (AvgIpc) is 3.29. The smallest absolute Gasteiger partial charge is 0.250 e. The molecule has 7 nitrogen and oxygen atoms in total. The highest BCUT2D eigenvalue weighted by molar-refractivity contribution is 7.99. The number of ether oxygens (including phenoxy) is 1. The summed E-state index contributed by atoms with van der Waals surface area (Å²) < 4.78 is 7.44. The predicted octanol–water partition coefficient (Wildman–Crippen LogP) is 6.54. The van der Waals surface area contributed by atoms with Gasteiger partial charge in [-0.3, -0.25) is 9.36 Å². The van der Waals surface area contributed by atoms with Crippen molar-refractivity contribution < 1.29 is 9.53 Å². The summed E-state index contributed by atoms with van der Waals surface area (Å²) in [5.41, 5.74) is 4.66. The van der Waals surface area contributed by atoms with E-state index in [0.29, 0.717) is 38.2 Å². The zero-order chi connectivity index (χ0) is 25.5. The number of hydrogen-bond donors (Lipinski definition) is 1. The molecule has 0 radical (unpaired) electrons. The zero-order valence-electron chi connectivity index (χ0n) is 19.0. The van der Waals surface area contributed by atoms with Gasteiger partial charge in [0.1, 0.15) is 5.75 Å². The Bertz CT molecular complexity index is 1360. The molecular weight excluding hydrogens is 541 g/mol. The number of hydrazone groups is 1. The van der Waals surface area contributed by atoms with E-state index in [4.69, 9.17) is 39.5 Å². The first-order valence-corrected chi connectivity index (χ1v) is 12.9. The second-order valence-corrected chi connectivity index (χ2v) is 9.49. The van der Waals surface area contributed by atoms with Crippen molar-refractivity contribution in [2.75, 3.05) is 12.4 Å². The third-order valence-electron chi connectivity index (χ3n) is 4.86. The lowest BCUT2D eigenvalue weighted by atomic mass is 10.2. The van der Waals surface area contributed by atoms with Crippen molar-refractivity contribution >= 4 is 58.7 Å². The topological polar surface area (TPSA) is 81.4 Å². The number of carbonyl (C=O) groups excluding carboxylic acids is 1. The van der Waals surface area contributed by atoms with Gasteiger partial charge < -0.3 is 4.74 Å². The van der Waals surface area contributed by atoms with E-state index >= 15 is 0 Å². The fourth-order valence-corrected chi connectivity index (χ4v) is 4.57. The molecule has 1 N–H and O–H groups in total. The minimum Gasteiger partial charge on any atom is -0.494 e. The Morgan fingerprint density at radius 3 is 2.39 bits per heavy atom. The van der Waals surface area contributed by atoms with Gasteiger partial charge in [0.05, 0.1) is 28.6 Å². The highest BCUT2D eigenvalue weighted by atomic mass is 35.5. The molecule has 0 saturated heterocycles. The second-order valence-electron chi connectivity index (χ2n) is 7.29.